The van der Waals surface area contributed by atoms with Gasteiger partial charge < -0.3 is 5.73 Å². The summed E-state index contributed by atoms with van der Waals surface area (Å²) in [5.74, 6) is -1.23. The molecule has 0 aliphatic carbocycles. The Hall–Kier alpha value is -1.30. The molecule has 90 valence electrons. The SMILES string of the molecule is CC(=O)N(Cl)[C@@H](CCCCN)C(=O)N=[N+]=[N-]. The molecule has 0 rings (SSSR count). The van der Waals surface area contributed by atoms with Crippen molar-refractivity contribution in [2.24, 2.45) is 10.8 Å². The molecule has 0 aliphatic heterocycles. The number of rotatable bonds is 6. The predicted molar refractivity (Wildman–Crippen MR) is 59.2 cm³/mol. The van der Waals surface area contributed by atoms with Crippen LogP contribution in [0.1, 0.15) is 26.2 Å². The maximum Gasteiger partial charge on any atom is 0.242 e. The highest BCUT2D eigenvalue weighted by Crippen LogP contribution is 2.13. The number of carbonyl (C=O) groups excluding carboxylic acids is 2. The molecule has 7 nitrogen and oxygen atoms in total. The number of hydrogen-bond donors (Lipinski definition) is 1. The van der Waals surface area contributed by atoms with Gasteiger partial charge in [0.05, 0.1) is 0 Å². The molecule has 2 N–H and O–H groups in total. The molecule has 0 aromatic heterocycles. The zero-order chi connectivity index (χ0) is 12.6. The molecule has 0 saturated heterocycles. The third-order valence-electron chi connectivity index (χ3n) is 1.93. The van der Waals surface area contributed by atoms with E-state index in [-0.39, 0.29) is 0 Å². The lowest BCUT2D eigenvalue weighted by Crippen LogP contribution is -2.36. The van der Waals surface area contributed by atoms with Crippen LogP contribution < -0.4 is 5.73 Å². The van der Waals surface area contributed by atoms with Crippen molar-refractivity contribution >= 4 is 23.6 Å². The summed E-state index contributed by atoms with van der Waals surface area (Å²) in [4.78, 5) is 24.7. The van der Waals surface area contributed by atoms with Crippen molar-refractivity contribution in [3.63, 3.8) is 0 Å². The molecule has 1 atom stereocenters. The van der Waals surface area contributed by atoms with Gasteiger partial charge in [-0.3, -0.25) is 9.59 Å². The van der Waals surface area contributed by atoms with Crippen molar-refractivity contribution in [1.29, 1.82) is 0 Å². The highest BCUT2D eigenvalue weighted by molar-refractivity contribution is 6.22. The van der Waals surface area contributed by atoms with E-state index in [1.54, 1.807) is 0 Å². The lowest BCUT2D eigenvalue weighted by atomic mass is 10.1. The van der Waals surface area contributed by atoms with Gasteiger partial charge in [-0.05, 0) is 36.5 Å². The van der Waals surface area contributed by atoms with Crippen molar-refractivity contribution in [3.05, 3.63) is 10.4 Å². The maximum absolute atomic E-state index is 11.4. The summed E-state index contributed by atoms with van der Waals surface area (Å²) in [6.45, 7) is 1.72. The van der Waals surface area contributed by atoms with Crippen LogP contribution >= 0.6 is 11.8 Å². The molecule has 0 fully saturated rings. The quantitative estimate of drug-likeness (QED) is 0.251. The fourth-order valence-corrected chi connectivity index (χ4v) is 1.33. The van der Waals surface area contributed by atoms with E-state index >= 15 is 0 Å². The molecular formula is C8H14ClN5O2. The Bertz CT molecular complexity index is 303. The highest BCUT2D eigenvalue weighted by Gasteiger charge is 2.25. The summed E-state index contributed by atoms with van der Waals surface area (Å²) in [6.07, 6.45) is 1.67. The summed E-state index contributed by atoms with van der Waals surface area (Å²) in [6, 6.07) is -0.915. The van der Waals surface area contributed by atoms with E-state index in [0.29, 0.717) is 25.8 Å². The number of nitrogens with zero attached hydrogens (tertiary/aromatic N) is 4. The average molecular weight is 248 g/mol. The van der Waals surface area contributed by atoms with E-state index in [4.69, 9.17) is 23.0 Å². The summed E-state index contributed by atoms with van der Waals surface area (Å²) in [5, 5.41) is 2.94. The van der Waals surface area contributed by atoms with Crippen LogP contribution in [-0.4, -0.2) is 28.8 Å². The third-order valence-corrected chi connectivity index (χ3v) is 2.41. The van der Waals surface area contributed by atoms with E-state index in [2.05, 4.69) is 10.0 Å². The zero-order valence-electron chi connectivity index (χ0n) is 8.97. The number of amides is 2. The van der Waals surface area contributed by atoms with E-state index < -0.39 is 17.9 Å². The van der Waals surface area contributed by atoms with Crippen LogP contribution in [-0.2, 0) is 9.59 Å². The van der Waals surface area contributed by atoms with Crippen molar-refractivity contribution in [2.45, 2.75) is 32.2 Å². The number of carbonyl (C=O) groups is 2. The smallest absolute Gasteiger partial charge is 0.242 e. The van der Waals surface area contributed by atoms with Crippen LogP contribution in [0, 0.1) is 0 Å². The second-order valence-corrected chi connectivity index (χ2v) is 3.52. The van der Waals surface area contributed by atoms with Gasteiger partial charge in [-0.25, -0.2) is 4.42 Å². The van der Waals surface area contributed by atoms with Crippen molar-refractivity contribution < 1.29 is 9.59 Å². The fourth-order valence-electron chi connectivity index (χ4n) is 1.15. The molecular weight excluding hydrogens is 234 g/mol. The third kappa shape index (κ3) is 4.97. The van der Waals surface area contributed by atoms with Crippen LogP contribution in [0.3, 0.4) is 0 Å². The fraction of sp³-hybridized carbons (Fsp3) is 0.750. The molecule has 0 heterocycles. The van der Waals surface area contributed by atoms with Gasteiger partial charge in [0.1, 0.15) is 6.04 Å². The van der Waals surface area contributed by atoms with Crippen molar-refractivity contribution in [2.75, 3.05) is 6.54 Å². The molecule has 16 heavy (non-hydrogen) atoms. The first-order valence-corrected chi connectivity index (χ1v) is 5.13. The molecule has 8 heteroatoms. The Morgan fingerprint density at radius 3 is 2.62 bits per heavy atom. The Kier molecular flexibility index (Phi) is 7.28. The lowest BCUT2D eigenvalue weighted by molar-refractivity contribution is -0.132. The first kappa shape index (κ1) is 14.7. The van der Waals surface area contributed by atoms with E-state index in [9.17, 15) is 9.59 Å². The largest absolute Gasteiger partial charge is 0.330 e. The van der Waals surface area contributed by atoms with E-state index in [1.165, 1.54) is 6.92 Å². The maximum atomic E-state index is 11.4. The Balaban J connectivity index is 4.55. The molecule has 0 aromatic rings. The second kappa shape index (κ2) is 7.92. The molecule has 2 amide bonds. The molecule has 0 unspecified atom stereocenters. The number of halogens is 1. The second-order valence-electron chi connectivity index (χ2n) is 3.16. The van der Waals surface area contributed by atoms with E-state index in [0.717, 1.165) is 4.42 Å². The predicted octanol–water partition coefficient (Wildman–Crippen LogP) is 1.32. The summed E-state index contributed by atoms with van der Waals surface area (Å²) < 4.78 is 0.757. The first-order valence-electron chi connectivity index (χ1n) is 4.79. The van der Waals surface area contributed by atoms with Gasteiger partial charge in [-0.2, -0.15) is 0 Å². The Morgan fingerprint density at radius 2 is 2.19 bits per heavy atom. The standard InChI is InChI=1S/C8H14ClN5O2/c1-6(15)14(9)7(4-2-3-5-10)8(16)12-13-11/h7H,2-5,10H2,1H3/t7-/m0/s1. The van der Waals surface area contributed by atoms with Crippen LogP contribution in [0.5, 0.6) is 0 Å². The van der Waals surface area contributed by atoms with E-state index in [1.807, 2.05) is 0 Å². The van der Waals surface area contributed by atoms with Crippen LogP contribution in [0.25, 0.3) is 10.4 Å². The van der Waals surface area contributed by atoms with Crippen molar-refractivity contribution in [1.82, 2.24) is 4.42 Å². The van der Waals surface area contributed by atoms with Gasteiger partial charge in [0.15, 0.2) is 0 Å². The van der Waals surface area contributed by atoms with Gasteiger partial charge in [0, 0.05) is 23.6 Å². The molecule has 0 saturated carbocycles. The topological polar surface area (TPSA) is 112 Å². The Labute approximate surface area is 98.3 Å². The van der Waals surface area contributed by atoms with Gasteiger partial charge in [0.2, 0.25) is 11.8 Å². The molecule has 0 aromatic carbocycles. The van der Waals surface area contributed by atoms with Crippen molar-refractivity contribution in [3.8, 4) is 0 Å². The van der Waals surface area contributed by atoms with Crippen LogP contribution in [0.4, 0.5) is 0 Å². The summed E-state index contributed by atoms with van der Waals surface area (Å²) >= 11 is 5.64. The Morgan fingerprint density at radius 1 is 1.56 bits per heavy atom. The normalized spacial score (nSPS) is 11.4. The minimum absolute atomic E-state index is 0.331. The lowest BCUT2D eigenvalue weighted by Gasteiger charge is -2.21. The van der Waals surface area contributed by atoms with Gasteiger partial charge >= 0.3 is 0 Å². The number of unbranched alkanes of at least 4 members (excludes halogenated alkanes) is 1. The first-order chi connectivity index (χ1) is 7.54. The monoisotopic (exact) mass is 247 g/mol. The molecule has 0 spiro atoms. The van der Waals surface area contributed by atoms with Gasteiger partial charge in [-0.1, -0.05) is 0 Å². The molecule has 0 aliphatic rings. The zero-order valence-corrected chi connectivity index (χ0v) is 9.72. The molecule has 0 radical (unpaired) electrons. The summed E-state index contributed by atoms with van der Waals surface area (Å²) in [7, 11) is 0. The number of hydrogen-bond acceptors (Lipinski definition) is 3. The summed E-state index contributed by atoms with van der Waals surface area (Å²) in [5.41, 5.74) is 13.5. The van der Waals surface area contributed by atoms with Gasteiger partial charge in [0.25, 0.3) is 0 Å². The minimum atomic E-state index is -0.915. The van der Waals surface area contributed by atoms with Gasteiger partial charge in [-0.15, -0.1) is 0 Å². The highest BCUT2D eigenvalue weighted by atomic mass is 35.5. The number of nitrogens with two attached hydrogens (primary N) is 1. The van der Waals surface area contributed by atoms with Crippen LogP contribution in [0.15, 0.2) is 5.11 Å². The number of azide groups is 1. The van der Waals surface area contributed by atoms with Crippen LogP contribution in [0.2, 0.25) is 0 Å². The average Bonchev–Trinajstić information content (AvgIpc) is 2.23. The molecule has 0 bridgehead atoms. The minimum Gasteiger partial charge on any atom is -0.330 e.